The van der Waals surface area contributed by atoms with E-state index >= 15 is 0 Å². The molecule has 0 fully saturated rings. The predicted molar refractivity (Wildman–Crippen MR) is 56.2 cm³/mol. The van der Waals surface area contributed by atoms with Crippen LogP contribution in [0.4, 0.5) is 5.82 Å². The van der Waals surface area contributed by atoms with Gasteiger partial charge in [0.2, 0.25) is 0 Å². The van der Waals surface area contributed by atoms with Gasteiger partial charge in [0, 0.05) is 18.1 Å². The number of anilines is 1. The second-order valence-electron chi connectivity index (χ2n) is 2.96. The Kier molecular flexibility index (Phi) is 2.42. The maximum absolute atomic E-state index is 8.81. The normalized spacial score (nSPS) is 9.87. The topological polar surface area (TPSA) is 74.5 Å². The number of aromatic nitrogens is 3. The standard InChI is InChI=1S/C10H9N5/c1-2-13-10-9-7(5-12-6-14-9)3-8(4-11)15-10/h3,5-6H,2H2,1H3,(H,13,15). The lowest BCUT2D eigenvalue weighted by Crippen LogP contribution is -2.02. The molecule has 5 heteroatoms. The highest BCUT2D eigenvalue weighted by Crippen LogP contribution is 2.18. The van der Waals surface area contributed by atoms with Gasteiger partial charge in [-0.2, -0.15) is 5.26 Å². The van der Waals surface area contributed by atoms with E-state index in [4.69, 9.17) is 5.26 Å². The maximum atomic E-state index is 8.81. The van der Waals surface area contributed by atoms with Crippen LogP contribution in [0.1, 0.15) is 12.6 Å². The molecule has 0 atom stereocenters. The number of hydrogen-bond donors (Lipinski definition) is 1. The average Bonchev–Trinajstić information content (AvgIpc) is 2.29. The van der Waals surface area contributed by atoms with Crippen molar-refractivity contribution >= 4 is 16.7 Å². The van der Waals surface area contributed by atoms with Crippen LogP contribution in [0.2, 0.25) is 0 Å². The maximum Gasteiger partial charge on any atom is 0.154 e. The highest BCUT2D eigenvalue weighted by Gasteiger charge is 2.05. The SMILES string of the molecule is CCNc1nc(C#N)cc2cncnc12. The summed E-state index contributed by atoms with van der Waals surface area (Å²) in [6.07, 6.45) is 3.14. The minimum absolute atomic E-state index is 0.369. The average molecular weight is 199 g/mol. The third-order valence-corrected chi connectivity index (χ3v) is 1.95. The molecule has 0 amide bonds. The van der Waals surface area contributed by atoms with Crippen LogP contribution in [0.15, 0.2) is 18.6 Å². The Hall–Kier alpha value is -2.22. The molecule has 0 radical (unpaired) electrons. The first-order chi connectivity index (χ1) is 7.35. The molecule has 5 nitrogen and oxygen atoms in total. The van der Waals surface area contributed by atoms with Gasteiger partial charge in [-0.15, -0.1) is 0 Å². The zero-order chi connectivity index (χ0) is 10.7. The van der Waals surface area contributed by atoms with Gasteiger partial charge in [-0.3, -0.25) is 0 Å². The van der Waals surface area contributed by atoms with E-state index in [1.807, 2.05) is 13.0 Å². The highest BCUT2D eigenvalue weighted by molar-refractivity contribution is 5.88. The number of hydrogen-bond acceptors (Lipinski definition) is 5. The van der Waals surface area contributed by atoms with Crippen LogP contribution < -0.4 is 5.32 Å². The molecule has 15 heavy (non-hydrogen) atoms. The van der Waals surface area contributed by atoms with Crippen molar-refractivity contribution in [3.05, 3.63) is 24.3 Å². The highest BCUT2D eigenvalue weighted by atomic mass is 15.0. The smallest absolute Gasteiger partial charge is 0.154 e. The second kappa shape index (κ2) is 3.88. The van der Waals surface area contributed by atoms with E-state index in [-0.39, 0.29) is 0 Å². The summed E-state index contributed by atoms with van der Waals surface area (Å²) in [4.78, 5) is 12.2. The van der Waals surface area contributed by atoms with Crippen molar-refractivity contribution in [2.45, 2.75) is 6.92 Å². The van der Waals surface area contributed by atoms with Crippen molar-refractivity contribution in [2.24, 2.45) is 0 Å². The Morgan fingerprint density at radius 1 is 1.53 bits per heavy atom. The van der Waals surface area contributed by atoms with Crippen LogP contribution in [-0.2, 0) is 0 Å². The van der Waals surface area contributed by atoms with Crippen molar-refractivity contribution in [3.8, 4) is 6.07 Å². The zero-order valence-electron chi connectivity index (χ0n) is 8.23. The van der Waals surface area contributed by atoms with E-state index in [2.05, 4.69) is 20.3 Å². The van der Waals surface area contributed by atoms with Gasteiger partial charge in [-0.1, -0.05) is 0 Å². The Morgan fingerprint density at radius 3 is 3.13 bits per heavy atom. The molecule has 0 aliphatic carbocycles. The Balaban J connectivity index is 2.70. The number of nitrogens with one attached hydrogen (secondary N) is 1. The fourth-order valence-electron chi connectivity index (χ4n) is 1.34. The van der Waals surface area contributed by atoms with E-state index in [0.29, 0.717) is 11.5 Å². The molecule has 74 valence electrons. The van der Waals surface area contributed by atoms with Gasteiger partial charge in [0.05, 0.1) is 0 Å². The molecule has 0 saturated heterocycles. The Labute approximate surface area is 86.8 Å². The fourth-order valence-corrected chi connectivity index (χ4v) is 1.34. The molecule has 0 spiro atoms. The summed E-state index contributed by atoms with van der Waals surface area (Å²) in [5, 5.41) is 12.7. The summed E-state index contributed by atoms with van der Waals surface area (Å²) in [6, 6.07) is 3.69. The van der Waals surface area contributed by atoms with Crippen molar-refractivity contribution in [1.29, 1.82) is 5.26 Å². The molecule has 2 aromatic rings. The van der Waals surface area contributed by atoms with Crippen LogP contribution in [-0.4, -0.2) is 21.5 Å². The summed E-state index contributed by atoms with van der Waals surface area (Å²) < 4.78 is 0. The number of rotatable bonds is 2. The van der Waals surface area contributed by atoms with Gasteiger partial charge in [-0.05, 0) is 13.0 Å². The lowest BCUT2D eigenvalue weighted by molar-refractivity contribution is 1.14. The van der Waals surface area contributed by atoms with Crippen molar-refractivity contribution < 1.29 is 0 Å². The molecule has 2 aromatic heterocycles. The van der Waals surface area contributed by atoms with Crippen LogP contribution in [0.3, 0.4) is 0 Å². The number of pyridine rings is 1. The minimum Gasteiger partial charge on any atom is -0.368 e. The van der Waals surface area contributed by atoms with Crippen LogP contribution in [0, 0.1) is 11.3 Å². The van der Waals surface area contributed by atoms with Gasteiger partial charge in [0.15, 0.2) is 5.82 Å². The first-order valence-corrected chi connectivity index (χ1v) is 4.60. The number of nitrogens with zero attached hydrogens (tertiary/aromatic N) is 4. The summed E-state index contributed by atoms with van der Waals surface area (Å²) in [6.45, 7) is 2.70. The van der Waals surface area contributed by atoms with Gasteiger partial charge in [0.1, 0.15) is 23.6 Å². The van der Waals surface area contributed by atoms with Crippen LogP contribution in [0.25, 0.3) is 10.9 Å². The number of fused-ring (bicyclic) bond motifs is 1. The molecule has 0 unspecified atom stereocenters. The van der Waals surface area contributed by atoms with E-state index in [0.717, 1.165) is 17.4 Å². The van der Waals surface area contributed by atoms with Crippen LogP contribution >= 0.6 is 0 Å². The third kappa shape index (κ3) is 1.70. The molecule has 0 bridgehead atoms. The molecule has 2 heterocycles. The molecular formula is C10H9N5. The van der Waals surface area contributed by atoms with Crippen molar-refractivity contribution in [2.75, 3.05) is 11.9 Å². The molecule has 0 aromatic carbocycles. The van der Waals surface area contributed by atoms with Crippen LogP contribution in [0.5, 0.6) is 0 Å². The van der Waals surface area contributed by atoms with Gasteiger partial charge in [0.25, 0.3) is 0 Å². The lowest BCUT2D eigenvalue weighted by atomic mass is 10.2. The molecular weight excluding hydrogens is 190 g/mol. The van der Waals surface area contributed by atoms with E-state index in [9.17, 15) is 0 Å². The minimum atomic E-state index is 0.369. The molecule has 1 N–H and O–H groups in total. The van der Waals surface area contributed by atoms with Gasteiger partial charge in [-0.25, -0.2) is 15.0 Å². The Bertz CT molecular complexity index is 529. The van der Waals surface area contributed by atoms with E-state index in [1.54, 1.807) is 12.3 Å². The zero-order valence-corrected chi connectivity index (χ0v) is 8.23. The summed E-state index contributed by atoms with van der Waals surface area (Å²) >= 11 is 0. The Morgan fingerprint density at radius 2 is 2.40 bits per heavy atom. The van der Waals surface area contributed by atoms with Gasteiger partial charge < -0.3 is 5.32 Å². The van der Waals surface area contributed by atoms with Gasteiger partial charge >= 0.3 is 0 Å². The quantitative estimate of drug-likeness (QED) is 0.789. The lowest BCUT2D eigenvalue weighted by Gasteiger charge is -2.05. The monoisotopic (exact) mass is 199 g/mol. The predicted octanol–water partition coefficient (Wildman–Crippen LogP) is 1.33. The number of nitriles is 1. The first-order valence-electron chi connectivity index (χ1n) is 4.60. The summed E-state index contributed by atoms with van der Waals surface area (Å²) in [5.74, 6) is 0.633. The fraction of sp³-hybridized carbons (Fsp3) is 0.200. The van der Waals surface area contributed by atoms with E-state index < -0.39 is 0 Å². The molecule has 2 rings (SSSR count). The largest absolute Gasteiger partial charge is 0.368 e. The molecule has 0 aliphatic heterocycles. The second-order valence-corrected chi connectivity index (χ2v) is 2.96. The van der Waals surface area contributed by atoms with E-state index in [1.165, 1.54) is 6.33 Å². The third-order valence-electron chi connectivity index (χ3n) is 1.95. The van der Waals surface area contributed by atoms with Crippen molar-refractivity contribution in [1.82, 2.24) is 15.0 Å². The summed E-state index contributed by atoms with van der Waals surface area (Å²) in [5.41, 5.74) is 1.11. The van der Waals surface area contributed by atoms with Crippen molar-refractivity contribution in [3.63, 3.8) is 0 Å². The summed E-state index contributed by atoms with van der Waals surface area (Å²) in [7, 11) is 0. The molecule has 0 aliphatic rings. The first kappa shape index (κ1) is 9.34. The molecule has 0 saturated carbocycles.